The van der Waals surface area contributed by atoms with Gasteiger partial charge >= 0.3 is 0 Å². The Morgan fingerprint density at radius 3 is 0.821 bits per heavy atom. The molecular formula is C96H68N4O2S4. The number of fused-ring (bicyclic) bond motifs is 20. The smallest absolute Gasteiger partial charge is 0.171 e. The van der Waals surface area contributed by atoms with Gasteiger partial charge in [0.05, 0.1) is 51.9 Å². The lowest BCUT2D eigenvalue weighted by Crippen LogP contribution is -1.94. The van der Waals surface area contributed by atoms with Gasteiger partial charge in [0.1, 0.15) is 22.2 Å². The second-order valence-electron chi connectivity index (χ2n) is 29.1. The number of benzene rings is 12. The van der Waals surface area contributed by atoms with Crippen molar-refractivity contribution in [2.75, 3.05) is 0 Å². The van der Waals surface area contributed by atoms with E-state index in [-0.39, 0.29) is 0 Å². The third-order valence-electron chi connectivity index (χ3n) is 21.7. The van der Waals surface area contributed by atoms with E-state index in [9.17, 15) is 0 Å². The molecule has 0 aliphatic rings. The molecule has 0 saturated carbocycles. The van der Waals surface area contributed by atoms with Gasteiger partial charge in [-0.05, 0) is 186 Å². The van der Waals surface area contributed by atoms with Gasteiger partial charge in [-0.25, -0.2) is 0 Å². The van der Waals surface area contributed by atoms with E-state index < -0.39 is 0 Å². The minimum atomic E-state index is 0.855. The van der Waals surface area contributed by atoms with Crippen LogP contribution in [0, 0.1) is 55.4 Å². The van der Waals surface area contributed by atoms with Crippen LogP contribution in [0.15, 0.2) is 276 Å². The molecule has 10 heterocycles. The third-order valence-corrected chi connectivity index (χ3v) is 26.4. The van der Waals surface area contributed by atoms with Crippen LogP contribution in [0.25, 0.3) is 193 Å². The van der Waals surface area contributed by atoms with E-state index in [4.69, 9.17) is 8.83 Å². The van der Waals surface area contributed by atoms with Crippen LogP contribution in [0.2, 0.25) is 0 Å². The fourth-order valence-electron chi connectivity index (χ4n) is 16.0. The normalized spacial score (nSPS) is 12.2. The summed E-state index contributed by atoms with van der Waals surface area (Å²) in [7, 11) is 0. The first-order valence-corrected chi connectivity index (χ1v) is 39.4. The van der Waals surface area contributed by atoms with Crippen LogP contribution in [-0.4, -0.2) is 18.3 Å². The van der Waals surface area contributed by atoms with Crippen molar-refractivity contribution in [1.29, 1.82) is 0 Å². The van der Waals surface area contributed by atoms with Gasteiger partial charge in [-0.2, -0.15) is 0 Å². The Bertz CT molecular complexity index is 6880. The van der Waals surface area contributed by atoms with Crippen molar-refractivity contribution in [2.24, 2.45) is 0 Å². The minimum absolute atomic E-state index is 0.855. The van der Waals surface area contributed by atoms with Crippen molar-refractivity contribution in [3.63, 3.8) is 0 Å². The highest BCUT2D eigenvalue weighted by molar-refractivity contribution is 7.28. The molecule has 22 aromatic rings. The Labute approximate surface area is 627 Å². The van der Waals surface area contributed by atoms with Crippen molar-refractivity contribution < 1.29 is 8.83 Å². The number of furan rings is 2. The van der Waals surface area contributed by atoms with Crippen molar-refractivity contribution in [2.45, 2.75) is 55.4 Å². The SMILES string of the molecule is Cc1ccc(-c2cc3c(s2)c2oc4cc5c(cc4c2n3-c2ccc(C)cc2)oc2c3sc(-c4ccc(C)cc4)cc3n(-c3ccc(C)cc3)c52)cc1.Cc1ccc(-c2ccc3c4sc5cc6c(cc5c4n(-c4ccc(C)cc4)c3c2)sc2c3ccc(-c4ccc(C)cc4)cc3n(-c3ccc(C)cc3)c62)cc1. The minimum Gasteiger partial charge on any atom is -0.453 e. The van der Waals surface area contributed by atoms with Crippen LogP contribution in [0.5, 0.6) is 0 Å². The Hall–Kier alpha value is -11.8. The fraction of sp³-hybridized carbons (Fsp3) is 0.0833. The lowest BCUT2D eigenvalue weighted by Gasteiger charge is -2.11. The predicted molar refractivity (Wildman–Crippen MR) is 456 cm³/mol. The molecular weight excluding hydrogens is 1370 g/mol. The van der Waals surface area contributed by atoms with E-state index in [2.05, 4.69) is 341 Å². The maximum atomic E-state index is 6.93. The maximum Gasteiger partial charge on any atom is 0.171 e. The summed E-state index contributed by atoms with van der Waals surface area (Å²) >= 11 is 7.44. The van der Waals surface area contributed by atoms with Gasteiger partial charge in [0.2, 0.25) is 0 Å². The van der Waals surface area contributed by atoms with E-state index in [1.54, 1.807) is 22.7 Å². The second kappa shape index (κ2) is 23.9. The summed E-state index contributed by atoms with van der Waals surface area (Å²) in [5.41, 5.74) is 35.1. The molecule has 0 saturated heterocycles. The van der Waals surface area contributed by atoms with E-state index in [0.29, 0.717) is 0 Å². The molecule has 0 N–H and O–H groups in total. The van der Waals surface area contributed by atoms with Gasteiger partial charge in [-0.15, -0.1) is 45.3 Å². The average Bonchev–Trinajstić information content (AvgIpc) is 1.54. The zero-order valence-corrected chi connectivity index (χ0v) is 62.9. The summed E-state index contributed by atoms with van der Waals surface area (Å²) in [5, 5.41) is 7.32. The maximum absolute atomic E-state index is 6.93. The van der Waals surface area contributed by atoms with Gasteiger partial charge in [-0.1, -0.05) is 214 Å². The number of rotatable bonds is 8. The first-order chi connectivity index (χ1) is 51.7. The summed E-state index contributed by atoms with van der Waals surface area (Å²) in [5.74, 6) is 0. The zero-order chi connectivity index (χ0) is 71.1. The summed E-state index contributed by atoms with van der Waals surface area (Å²) < 4.78 is 31.2. The molecule has 0 spiro atoms. The summed E-state index contributed by atoms with van der Waals surface area (Å²) in [6.45, 7) is 17.1. The molecule has 106 heavy (non-hydrogen) atoms. The molecule has 0 unspecified atom stereocenters. The molecule has 508 valence electrons. The number of nitrogens with zero attached hydrogens (tertiary/aromatic N) is 4. The van der Waals surface area contributed by atoms with Crippen LogP contribution in [0.4, 0.5) is 0 Å². The standard InChI is InChI=1S/C50H36N2S2.C46H32N2O2S2/c1-29-5-13-33(14-6-29)35-17-23-39-43(25-35)51(37-19-9-31(3)10-20-37)47-41-27-46-42(28-45(41)53-49(39)47)48-50(54-46)40-24-18-36(34-15-7-30(2)8-16-34)26-44(40)52(48)38-21-11-32(4)12-22-38;1-25-5-13-29(14-6-25)39-23-35-45(51-39)43-41(47(35)31-17-9-27(3)10-18-31)33-21-38-34(22-37(33)49-43)42-44(50-38)46-36(48(42)32-19-11-28(4)12-20-32)24-40(52-46)30-15-7-26(2)8-16-30/h5-28H,1-4H3;5-24H,1-4H3. The zero-order valence-electron chi connectivity index (χ0n) is 59.6. The van der Waals surface area contributed by atoms with Crippen LogP contribution in [0.3, 0.4) is 0 Å². The molecule has 0 amide bonds. The predicted octanol–water partition coefficient (Wildman–Crippen LogP) is 28.9. The number of hydrogen-bond donors (Lipinski definition) is 0. The van der Waals surface area contributed by atoms with Crippen LogP contribution in [0.1, 0.15) is 44.5 Å². The Morgan fingerprint density at radius 2 is 0.500 bits per heavy atom. The lowest BCUT2D eigenvalue weighted by molar-refractivity contribution is 0.668. The highest BCUT2D eigenvalue weighted by Crippen LogP contribution is 2.52. The number of hydrogen-bond acceptors (Lipinski definition) is 6. The average molecular weight is 1440 g/mol. The number of aryl methyl sites for hydroxylation is 8. The van der Waals surface area contributed by atoms with E-state index in [1.165, 1.54) is 161 Å². The summed E-state index contributed by atoms with van der Waals surface area (Å²) in [4.78, 5) is 2.45. The Morgan fingerprint density at radius 1 is 0.217 bits per heavy atom. The van der Waals surface area contributed by atoms with Gasteiger partial charge in [0.25, 0.3) is 0 Å². The first-order valence-electron chi connectivity index (χ1n) is 36.1. The lowest BCUT2D eigenvalue weighted by atomic mass is 10.0. The first kappa shape index (κ1) is 62.8. The molecule has 0 aliphatic heterocycles. The molecule has 0 radical (unpaired) electrons. The summed E-state index contributed by atoms with van der Waals surface area (Å²) in [6.07, 6.45) is 0. The fourth-order valence-corrected chi connectivity index (χ4v) is 20.8. The van der Waals surface area contributed by atoms with Crippen molar-refractivity contribution in [1.82, 2.24) is 18.3 Å². The van der Waals surface area contributed by atoms with E-state index in [1.807, 2.05) is 22.7 Å². The highest BCUT2D eigenvalue weighted by Gasteiger charge is 2.29. The van der Waals surface area contributed by atoms with Gasteiger partial charge in [0, 0.05) is 74.2 Å². The molecule has 0 aliphatic carbocycles. The molecule has 0 fully saturated rings. The van der Waals surface area contributed by atoms with Crippen LogP contribution < -0.4 is 0 Å². The Balaban J connectivity index is 0.000000136. The molecule has 10 aromatic heterocycles. The van der Waals surface area contributed by atoms with Gasteiger partial charge < -0.3 is 27.1 Å². The monoisotopic (exact) mass is 1440 g/mol. The van der Waals surface area contributed by atoms with Crippen LogP contribution in [-0.2, 0) is 0 Å². The quantitative estimate of drug-likeness (QED) is 0.152. The highest BCUT2D eigenvalue weighted by atomic mass is 32.1. The molecule has 12 aromatic carbocycles. The number of aromatic nitrogens is 4. The molecule has 6 nitrogen and oxygen atoms in total. The second-order valence-corrected chi connectivity index (χ2v) is 33.3. The van der Waals surface area contributed by atoms with Crippen molar-refractivity contribution in [3.8, 4) is 65.9 Å². The number of thiophene rings is 4. The van der Waals surface area contributed by atoms with E-state index >= 15 is 0 Å². The molecule has 22 rings (SSSR count). The molecule has 10 heteroatoms. The topological polar surface area (TPSA) is 46.0 Å². The van der Waals surface area contributed by atoms with Crippen molar-refractivity contribution >= 4 is 172 Å². The van der Waals surface area contributed by atoms with Crippen LogP contribution >= 0.6 is 45.3 Å². The van der Waals surface area contributed by atoms with Gasteiger partial charge in [-0.3, -0.25) is 0 Å². The van der Waals surface area contributed by atoms with E-state index in [0.717, 1.165) is 75.9 Å². The van der Waals surface area contributed by atoms with Gasteiger partial charge in [0.15, 0.2) is 11.2 Å². The third kappa shape index (κ3) is 9.92. The Kier molecular flexibility index (Phi) is 14.1. The molecule has 0 bridgehead atoms. The van der Waals surface area contributed by atoms with Crippen molar-refractivity contribution in [3.05, 3.63) is 311 Å². The largest absolute Gasteiger partial charge is 0.453 e. The summed E-state index contributed by atoms with van der Waals surface area (Å²) in [6, 6.07) is 98.9. The molecule has 0 atom stereocenters.